The van der Waals surface area contributed by atoms with E-state index in [-0.39, 0.29) is 12.2 Å². The molecule has 0 radical (unpaired) electrons. The van der Waals surface area contributed by atoms with Gasteiger partial charge in [-0.25, -0.2) is 9.99 Å². The Labute approximate surface area is 217 Å². The highest BCUT2D eigenvalue weighted by molar-refractivity contribution is 6.10. The van der Waals surface area contributed by atoms with Gasteiger partial charge in [-0.3, -0.25) is 24.5 Å². The van der Waals surface area contributed by atoms with Crippen molar-refractivity contribution in [2.24, 2.45) is 12.0 Å². The molecule has 38 heavy (non-hydrogen) atoms. The van der Waals surface area contributed by atoms with E-state index in [9.17, 15) is 18.0 Å². The average molecular weight is 525 g/mol. The highest BCUT2D eigenvalue weighted by Crippen LogP contribution is 2.30. The number of anilines is 1. The number of amides is 1. The number of hydrogen-bond acceptors (Lipinski definition) is 6. The SMILES string of the molecule is C/C=C\C(=NCC)N(C)N(Cc1ccc(C(F)(F)F)cn1)C(=O)c1ccc2nc(N)c3cnn(C)c3c2c1. The van der Waals surface area contributed by atoms with Crippen LogP contribution in [0.2, 0.25) is 0 Å². The number of carbonyl (C=O) groups is 1. The van der Waals surface area contributed by atoms with Gasteiger partial charge in [0.2, 0.25) is 0 Å². The lowest BCUT2D eigenvalue weighted by Gasteiger charge is -2.33. The molecule has 0 aliphatic carbocycles. The summed E-state index contributed by atoms with van der Waals surface area (Å²) in [6.07, 6.45) is 1.40. The van der Waals surface area contributed by atoms with E-state index in [0.29, 0.717) is 40.1 Å². The molecule has 9 nitrogen and oxygen atoms in total. The quantitative estimate of drug-likeness (QED) is 0.232. The van der Waals surface area contributed by atoms with Crippen molar-refractivity contribution >= 4 is 39.4 Å². The zero-order chi connectivity index (χ0) is 27.6. The molecule has 0 spiro atoms. The van der Waals surface area contributed by atoms with Crippen LogP contribution in [0.15, 0.2) is 59.9 Å². The largest absolute Gasteiger partial charge is 0.417 e. The Bertz CT molecular complexity index is 1540. The molecule has 198 valence electrons. The van der Waals surface area contributed by atoms with Gasteiger partial charge in [-0.15, -0.1) is 0 Å². The number of aliphatic imine (C=N–C) groups is 1. The summed E-state index contributed by atoms with van der Waals surface area (Å²) in [7, 11) is 3.44. The van der Waals surface area contributed by atoms with Gasteiger partial charge in [0, 0.05) is 37.8 Å². The first-order chi connectivity index (χ1) is 18.0. The molecule has 3 heterocycles. The van der Waals surface area contributed by atoms with Crippen molar-refractivity contribution in [2.45, 2.75) is 26.6 Å². The van der Waals surface area contributed by atoms with E-state index in [4.69, 9.17) is 5.73 Å². The number of allylic oxidation sites excluding steroid dienone is 1. The number of rotatable bonds is 5. The van der Waals surface area contributed by atoms with E-state index >= 15 is 0 Å². The number of nitrogens with zero attached hydrogens (tertiary/aromatic N) is 7. The van der Waals surface area contributed by atoms with Crippen LogP contribution in [0.1, 0.15) is 35.5 Å². The second kappa shape index (κ2) is 10.5. The number of carbonyl (C=O) groups excluding carboxylic acids is 1. The van der Waals surface area contributed by atoms with Crippen LogP contribution in [0.3, 0.4) is 0 Å². The Morgan fingerprint density at radius 1 is 1.18 bits per heavy atom. The zero-order valence-corrected chi connectivity index (χ0v) is 21.4. The first kappa shape index (κ1) is 26.6. The predicted octanol–water partition coefficient (Wildman–Crippen LogP) is 4.60. The lowest BCUT2D eigenvalue weighted by molar-refractivity contribution is -0.137. The molecule has 0 fully saturated rings. The number of hydrazine groups is 1. The van der Waals surface area contributed by atoms with Crippen molar-refractivity contribution in [3.05, 3.63) is 71.7 Å². The van der Waals surface area contributed by atoms with Gasteiger partial charge >= 0.3 is 6.18 Å². The van der Waals surface area contributed by atoms with Gasteiger partial charge in [0.25, 0.3) is 5.91 Å². The lowest BCUT2D eigenvalue weighted by Crippen LogP contribution is -2.46. The molecule has 12 heteroatoms. The molecule has 0 saturated carbocycles. The first-order valence-electron chi connectivity index (χ1n) is 11.8. The maximum absolute atomic E-state index is 13.9. The van der Waals surface area contributed by atoms with E-state index in [2.05, 4.69) is 20.1 Å². The normalized spacial score (nSPS) is 12.6. The fourth-order valence-electron chi connectivity index (χ4n) is 4.09. The number of benzene rings is 1. The van der Waals surface area contributed by atoms with Gasteiger partial charge < -0.3 is 5.73 Å². The number of nitrogens with two attached hydrogens (primary N) is 1. The monoisotopic (exact) mass is 524 g/mol. The van der Waals surface area contributed by atoms with Crippen LogP contribution >= 0.6 is 0 Å². The van der Waals surface area contributed by atoms with Crippen LogP contribution in [0.5, 0.6) is 0 Å². The summed E-state index contributed by atoms with van der Waals surface area (Å²) in [5, 5.41) is 8.57. The Morgan fingerprint density at radius 2 is 1.95 bits per heavy atom. The lowest BCUT2D eigenvalue weighted by atomic mass is 10.1. The van der Waals surface area contributed by atoms with Crippen molar-refractivity contribution in [2.75, 3.05) is 19.3 Å². The van der Waals surface area contributed by atoms with E-state index in [1.807, 2.05) is 13.8 Å². The molecular weight excluding hydrogens is 497 g/mol. The van der Waals surface area contributed by atoms with Gasteiger partial charge in [0.15, 0.2) is 0 Å². The smallest absolute Gasteiger partial charge is 0.383 e. The van der Waals surface area contributed by atoms with E-state index in [0.717, 1.165) is 17.8 Å². The zero-order valence-electron chi connectivity index (χ0n) is 21.4. The van der Waals surface area contributed by atoms with Crippen molar-refractivity contribution < 1.29 is 18.0 Å². The number of fused-ring (bicyclic) bond motifs is 3. The van der Waals surface area contributed by atoms with E-state index in [1.54, 1.807) is 60.3 Å². The first-order valence-corrected chi connectivity index (χ1v) is 11.8. The highest BCUT2D eigenvalue weighted by atomic mass is 19.4. The van der Waals surface area contributed by atoms with E-state index < -0.39 is 17.6 Å². The summed E-state index contributed by atoms with van der Waals surface area (Å²) in [5.74, 6) is 0.428. The summed E-state index contributed by atoms with van der Waals surface area (Å²) < 4.78 is 40.8. The maximum Gasteiger partial charge on any atom is 0.417 e. The molecule has 0 saturated heterocycles. The van der Waals surface area contributed by atoms with Crippen LogP contribution in [-0.2, 0) is 19.8 Å². The second-order valence-corrected chi connectivity index (χ2v) is 8.51. The number of halogens is 3. The minimum absolute atomic E-state index is 0.0904. The molecule has 3 aromatic heterocycles. The van der Waals surface area contributed by atoms with Gasteiger partial charge in [0.1, 0.15) is 11.7 Å². The van der Waals surface area contributed by atoms with Crippen LogP contribution in [0.25, 0.3) is 21.8 Å². The van der Waals surface area contributed by atoms with Crippen molar-refractivity contribution in [3.63, 3.8) is 0 Å². The summed E-state index contributed by atoms with van der Waals surface area (Å²) in [5.41, 5.74) is 7.17. The average Bonchev–Trinajstić information content (AvgIpc) is 3.28. The molecule has 1 aromatic carbocycles. The molecule has 4 aromatic rings. The fraction of sp³-hybridized carbons (Fsp3) is 0.269. The maximum atomic E-state index is 13.9. The van der Waals surface area contributed by atoms with Gasteiger partial charge in [0.05, 0.1) is 40.4 Å². The van der Waals surface area contributed by atoms with Crippen molar-refractivity contribution in [1.82, 2.24) is 29.8 Å². The summed E-state index contributed by atoms with van der Waals surface area (Å²) in [6.45, 7) is 4.06. The third-order valence-corrected chi connectivity index (χ3v) is 5.98. The molecule has 0 unspecified atom stereocenters. The molecule has 0 aliphatic rings. The molecule has 4 rings (SSSR count). The predicted molar refractivity (Wildman–Crippen MR) is 140 cm³/mol. The molecule has 0 atom stereocenters. The van der Waals surface area contributed by atoms with Crippen LogP contribution in [-0.4, -0.2) is 55.1 Å². The second-order valence-electron chi connectivity index (χ2n) is 8.51. The molecule has 0 aliphatic heterocycles. The number of amidine groups is 1. The number of pyridine rings is 2. The minimum atomic E-state index is -4.51. The summed E-state index contributed by atoms with van der Waals surface area (Å²) in [6, 6.07) is 7.25. The Morgan fingerprint density at radius 3 is 2.58 bits per heavy atom. The molecular formula is C26H27F3N8O. The summed E-state index contributed by atoms with van der Waals surface area (Å²) in [4.78, 5) is 26.8. The molecule has 2 N–H and O–H groups in total. The number of likely N-dealkylation sites (N-methyl/N-ethyl adjacent to an activating group) is 1. The number of aryl methyl sites for hydroxylation is 1. The third kappa shape index (κ3) is 5.15. The van der Waals surface area contributed by atoms with Crippen LogP contribution in [0.4, 0.5) is 19.0 Å². The molecule has 1 amide bonds. The Kier molecular flexibility index (Phi) is 7.33. The number of nitrogen functional groups attached to an aromatic ring is 1. The fourth-order valence-corrected chi connectivity index (χ4v) is 4.09. The van der Waals surface area contributed by atoms with Gasteiger partial charge in [-0.05, 0) is 50.3 Å². The topological polar surface area (TPSA) is 106 Å². The number of aromatic nitrogens is 4. The van der Waals surface area contributed by atoms with E-state index in [1.165, 1.54) is 11.1 Å². The Balaban J connectivity index is 1.79. The Hall–Kier alpha value is -4.48. The van der Waals surface area contributed by atoms with Crippen molar-refractivity contribution in [3.8, 4) is 0 Å². The van der Waals surface area contributed by atoms with Crippen LogP contribution < -0.4 is 5.73 Å². The van der Waals surface area contributed by atoms with Gasteiger partial charge in [-0.2, -0.15) is 18.3 Å². The number of alkyl halides is 3. The highest BCUT2D eigenvalue weighted by Gasteiger charge is 2.31. The number of hydrogen-bond donors (Lipinski definition) is 1. The van der Waals surface area contributed by atoms with Crippen molar-refractivity contribution in [1.29, 1.82) is 0 Å². The minimum Gasteiger partial charge on any atom is -0.383 e. The molecule has 0 bridgehead atoms. The van der Waals surface area contributed by atoms with Gasteiger partial charge in [-0.1, -0.05) is 6.08 Å². The third-order valence-electron chi connectivity index (χ3n) is 5.98. The summed E-state index contributed by atoms with van der Waals surface area (Å²) >= 11 is 0. The van der Waals surface area contributed by atoms with Crippen LogP contribution in [0, 0.1) is 0 Å². The standard InChI is InChI=1S/C26H27F3N8O/c1-5-7-22(31-6-2)36(4)37(15-18-10-9-17(13-32-18)26(27,28)29)25(38)16-8-11-21-19(12-16)23-20(24(30)34-21)14-33-35(23)3/h5,7-14H,6,15H2,1-4H3,(H2,30,34)/b7-5-,31-22?.